The van der Waals surface area contributed by atoms with Crippen LogP contribution in [0.4, 0.5) is 21.2 Å². The number of pyridine rings is 1. The zero-order valence-electron chi connectivity index (χ0n) is 21.7. The number of hydrogen-bond acceptors (Lipinski definition) is 11. The summed E-state index contributed by atoms with van der Waals surface area (Å²) in [7, 11) is 6.91. The number of fused-ring (bicyclic) bond motifs is 4. The van der Waals surface area contributed by atoms with Gasteiger partial charge in [-0.1, -0.05) is 0 Å². The number of anilines is 3. The van der Waals surface area contributed by atoms with Crippen molar-refractivity contribution in [2.24, 2.45) is 0 Å². The molecule has 10 nitrogen and oxygen atoms in total. The Bertz CT molecular complexity index is 1730. The van der Waals surface area contributed by atoms with E-state index < -0.39 is 5.82 Å². The van der Waals surface area contributed by atoms with E-state index in [2.05, 4.69) is 49.5 Å². The molecule has 4 aromatic rings. The first-order chi connectivity index (χ1) is 18.7. The van der Waals surface area contributed by atoms with Crippen molar-refractivity contribution in [2.45, 2.75) is 26.2 Å². The van der Waals surface area contributed by atoms with Gasteiger partial charge in [0.15, 0.2) is 5.82 Å². The first-order valence-electron chi connectivity index (χ1n) is 12.4. The molecule has 2 aliphatic rings. The summed E-state index contributed by atoms with van der Waals surface area (Å²) in [6, 6.07) is 2.55. The second-order valence-electron chi connectivity index (χ2n) is 10.1. The van der Waals surface area contributed by atoms with Gasteiger partial charge in [0.05, 0.1) is 47.4 Å². The number of aromatic nitrogens is 3. The third kappa shape index (κ3) is 4.08. The van der Waals surface area contributed by atoms with Gasteiger partial charge >= 0.3 is 0 Å². The molecule has 5 heterocycles. The molecular weight excluding hydrogens is 536 g/mol. The maximum Gasteiger partial charge on any atom is 0.228 e. The summed E-state index contributed by atoms with van der Waals surface area (Å²) in [6.45, 7) is 4.36. The Hall–Kier alpha value is -3.49. The molecule has 1 fully saturated rings. The first kappa shape index (κ1) is 25.8. The number of nitrogen functional groups attached to an aromatic ring is 1. The number of nitrogens with zero attached hydrogens (tertiary/aromatic N) is 6. The van der Waals surface area contributed by atoms with Crippen molar-refractivity contribution in [2.75, 3.05) is 49.7 Å². The molecule has 0 spiro atoms. The number of nitriles is 1. The van der Waals surface area contributed by atoms with E-state index in [9.17, 15) is 9.65 Å². The number of hydrogen-bond donors (Lipinski definition) is 3. The fourth-order valence-electron chi connectivity index (χ4n) is 5.18. The standard InChI is InChI=1S/C26H27FN9OPS/c1-11(29)5-32-25-19-15-10-37-9-14(15)17(20-18-13(4-28)24(30)39-23(18)16(27)6-31-20)22(38)21(19)33-26(34-25)36-7-12(8-36)35(2)3/h6,12,29H,5,7-10,30,38H2,1-3H3,(H,32,33,34). The first-order valence-corrected chi connectivity index (χ1v) is 13.8. The van der Waals surface area contributed by atoms with Crippen LogP contribution in [0.3, 0.4) is 0 Å². The zero-order valence-corrected chi connectivity index (χ0v) is 23.7. The van der Waals surface area contributed by atoms with Crippen LogP contribution in [-0.2, 0) is 18.0 Å². The number of ether oxygens (including phenoxy) is 1. The Morgan fingerprint density at radius 2 is 2.08 bits per heavy atom. The maximum atomic E-state index is 14.8. The lowest BCUT2D eigenvalue weighted by atomic mass is 9.94. The van der Waals surface area contributed by atoms with Crippen molar-refractivity contribution in [3.63, 3.8) is 0 Å². The zero-order chi connectivity index (χ0) is 27.6. The third-order valence-electron chi connectivity index (χ3n) is 7.32. The molecule has 1 unspecified atom stereocenters. The number of nitrogens with two attached hydrogens (primary N) is 1. The highest BCUT2D eigenvalue weighted by atomic mass is 32.1. The maximum absolute atomic E-state index is 14.8. The molecule has 1 saturated heterocycles. The van der Waals surface area contributed by atoms with Gasteiger partial charge in [-0.15, -0.1) is 20.6 Å². The molecule has 0 amide bonds. The molecule has 13 heteroatoms. The Balaban J connectivity index is 1.64. The number of benzene rings is 1. The summed E-state index contributed by atoms with van der Waals surface area (Å²) in [5.41, 5.74) is 10.5. The summed E-state index contributed by atoms with van der Waals surface area (Å²) < 4.78 is 21.0. The van der Waals surface area contributed by atoms with Crippen LogP contribution in [0.5, 0.6) is 0 Å². The summed E-state index contributed by atoms with van der Waals surface area (Å²) in [5, 5.41) is 23.4. The number of rotatable bonds is 6. The van der Waals surface area contributed by atoms with E-state index in [0.29, 0.717) is 64.6 Å². The monoisotopic (exact) mass is 563 g/mol. The van der Waals surface area contributed by atoms with E-state index in [-0.39, 0.29) is 10.6 Å². The molecule has 1 aromatic carbocycles. The Morgan fingerprint density at radius 3 is 2.77 bits per heavy atom. The fourth-order valence-corrected chi connectivity index (χ4v) is 6.62. The lowest BCUT2D eigenvalue weighted by Gasteiger charge is -2.42. The molecule has 200 valence electrons. The SMILES string of the molecule is CC(=N)CNc1nc(N2CC(N(C)C)C2)nc2c(P)c(-c3ncc(F)c4sc(N)c(C#N)c34)c3c(c12)COC3. The van der Waals surface area contributed by atoms with Crippen molar-refractivity contribution in [1.82, 2.24) is 19.9 Å². The number of likely N-dealkylation sites (N-methyl/N-ethyl adjacent to an activating group) is 1. The van der Waals surface area contributed by atoms with Crippen molar-refractivity contribution >= 4 is 69.3 Å². The molecule has 0 saturated carbocycles. The van der Waals surface area contributed by atoms with Crippen LogP contribution in [0.15, 0.2) is 6.20 Å². The summed E-state index contributed by atoms with van der Waals surface area (Å²) >= 11 is 1.05. The average Bonchev–Trinajstić information content (AvgIpc) is 3.47. The smallest absolute Gasteiger partial charge is 0.228 e. The van der Waals surface area contributed by atoms with Gasteiger partial charge < -0.3 is 31.0 Å². The van der Waals surface area contributed by atoms with Gasteiger partial charge in [0.2, 0.25) is 5.95 Å². The van der Waals surface area contributed by atoms with Crippen molar-refractivity contribution in [3.05, 3.63) is 28.7 Å². The van der Waals surface area contributed by atoms with Gasteiger partial charge in [-0.2, -0.15) is 10.2 Å². The molecule has 0 bridgehead atoms. The topological polar surface area (TPSA) is 140 Å². The normalized spacial score (nSPS) is 15.2. The van der Waals surface area contributed by atoms with Crippen molar-refractivity contribution in [3.8, 4) is 17.3 Å². The van der Waals surface area contributed by atoms with Crippen LogP contribution in [0.25, 0.3) is 32.2 Å². The molecule has 4 N–H and O–H groups in total. The summed E-state index contributed by atoms with van der Waals surface area (Å²) in [5.74, 6) is 0.716. The summed E-state index contributed by atoms with van der Waals surface area (Å²) in [4.78, 5) is 18.7. The highest BCUT2D eigenvalue weighted by Gasteiger charge is 2.33. The van der Waals surface area contributed by atoms with E-state index in [0.717, 1.165) is 51.8 Å². The van der Waals surface area contributed by atoms with E-state index in [1.807, 2.05) is 0 Å². The number of thiophene rings is 1. The lowest BCUT2D eigenvalue weighted by molar-refractivity contribution is 0.135. The van der Waals surface area contributed by atoms with Crippen molar-refractivity contribution < 1.29 is 9.13 Å². The average molecular weight is 564 g/mol. The van der Waals surface area contributed by atoms with E-state index in [4.69, 9.17) is 25.8 Å². The predicted molar refractivity (Wildman–Crippen MR) is 157 cm³/mol. The van der Waals surface area contributed by atoms with Crippen LogP contribution >= 0.6 is 20.6 Å². The van der Waals surface area contributed by atoms with Gasteiger partial charge in [0.1, 0.15) is 16.9 Å². The fraction of sp³-hybridized carbons (Fsp3) is 0.346. The molecule has 6 rings (SSSR count). The Morgan fingerprint density at radius 1 is 1.33 bits per heavy atom. The molecule has 39 heavy (non-hydrogen) atoms. The molecule has 2 aliphatic heterocycles. The summed E-state index contributed by atoms with van der Waals surface area (Å²) in [6.07, 6.45) is 1.18. The second-order valence-corrected chi connectivity index (χ2v) is 11.7. The van der Waals surface area contributed by atoms with Gasteiger partial charge in [-0.05, 0) is 32.1 Å². The predicted octanol–water partition coefficient (Wildman–Crippen LogP) is 3.23. The number of nitrogens with one attached hydrogen (secondary N) is 2. The minimum Gasteiger partial charge on any atom is -0.389 e. The van der Waals surface area contributed by atoms with E-state index in [1.165, 1.54) is 6.20 Å². The lowest BCUT2D eigenvalue weighted by Crippen LogP contribution is -2.58. The quantitative estimate of drug-likeness (QED) is 0.238. The molecule has 0 radical (unpaired) electrons. The molecule has 0 aliphatic carbocycles. The van der Waals surface area contributed by atoms with E-state index in [1.54, 1.807) is 6.92 Å². The van der Waals surface area contributed by atoms with Crippen LogP contribution in [0.1, 0.15) is 23.6 Å². The molecular formula is C26H27FN9OPS. The van der Waals surface area contributed by atoms with Gasteiger partial charge in [0, 0.05) is 46.5 Å². The highest BCUT2D eigenvalue weighted by molar-refractivity contribution is 7.29. The minimum atomic E-state index is -0.516. The van der Waals surface area contributed by atoms with Crippen LogP contribution < -0.4 is 21.3 Å². The van der Waals surface area contributed by atoms with Crippen LogP contribution in [0, 0.1) is 22.6 Å². The van der Waals surface area contributed by atoms with Crippen molar-refractivity contribution in [1.29, 1.82) is 10.7 Å². The Labute approximate surface area is 230 Å². The minimum absolute atomic E-state index is 0.219. The largest absolute Gasteiger partial charge is 0.389 e. The van der Waals surface area contributed by atoms with Crippen LogP contribution in [-0.4, -0.2) is 65.3 Å². The van der Waals surface area contributed by atoms with Gasteiger partial charge in [0.25, 0.3) is 0 Å². The Kier molecular flexibility index (Phi) is 6.35. The van der Waals surface area contributed by atoms with Gasteiger partial charge in [-0.3, -0.25) is 4.98 Å². The van der Waals surface area contributed by atoms with Gasteiger partial charge in [-0.25, -0.2) is 9.37 Å². The van der Waals surface area contributed by atoms with E-state index >= 15 is 0 Å². The second kappa shape index (κ2) is 9.61. The number of halogens is 1. The van der Waals surface area contributed by atoms with Crippen LogP contribution in [0.2, 0.25) is 0 Å². The molecule has 1 atom stereocenters. The highest BCUT2D eigenvalue weighted by Crippen LogP contribution is 2.44. The third-order valence-corrected chi connectivity index (χ3v) is 8.91. The molecule has 3 aromatic heterocycles.